The average Bonchev–Trinajstić information content (AvgIpc) is 2.62. The van der Waals surface area contributed by atoms with E-state index in [4.69, 9.17) is 0 Å². The summed E-state index contributed by atoms with van der Waals surface area (Å²) in [6.07, 6.45) is 4.54. The Labute approximate surface area is 165 Å². The van der Waals surface area contributed by atoms with Gasteiger partial charge in [0.25, 0.3) is 0 Å². The quantitative estimate of drug-likeness (QED) is 0.573. The third-order valence-corrected chi connectivity index (χ3v) is 7.83. The van der Waals surface area contributed by atoms with E-state index in [0.29, 0.717) is 12.0 Å². The molecule has 0 bridgehead atoms. The normalized spacial score (nSPS) is 21.7. The van der Waals surface area contributed by atoms with Gasteiger partial charge in [-0.1, -0.05) is 30.3 Å². The van der Waals surface area contributed by atoms with Crippen LogP contribution in [0, 0.1) is 0 Å². The third-order valence-electron chi connectivity index (χ3n) is 5.25. The molecule has 6 heteroatoms. The van der Waals surface area contributed by atoms with Crippen molar-refractivity contribution in [3.05, 3.63) is 35.9 Å². The van der Waals surface area contributed by atoms with Crippen molar-refractivity contribution in [2.75, 3.05) is 18.8 Å². The summed E-state index contributed by atoms with van der Waals surface area (Å²) in [5.41, 5.74) is 1.43. The molecule has 1 aliphatic rings. The Balaban J connectivity index is 1.87. The van der Waals surface area contributed by atoms with Crippen molar-refractivity contribution in [3.63, 3.8) is 0 Å². The Morgan fingerprint density at radius 2 is 1.74 bits per heavy atom. The monoisotopic (exact) mass is 393 g/mol. The highest BCUT2D eigenvalue weighted by Gasteiger charge is 2.28. The largest absolute Gasteiger partial charge is 0.357 e. The smallest absolute Gasteiger partial charge is 0.191 e. The van der Waals surface area contributed by atoms with Crippen molar-refractivity contribution in [2.24, 2.45) is 4.99 Å². The van der Waals surface area contributed by atoms with Crippen LogP contribution in [-0.2, 0) is 9.84 Å². The molecule has 0 atom stereocenters. The second-order valence-corrected chi connectivity index (χ2v) is 11.2. The molecule has 0 aliphatic heterocycles. The maximum atomic E-state index is 12.2. The zero-order chi connectivity index (χ0) is 19.9. The van der Waals surface area contributed by atoms with E-state index in [9.17, 15) is 8.42 Å². The standard InChI is InChI=1S/C21H35N3O2S/c1-5-22-20(23-15-16-27(25,26)21(2,3)4)24-19-13-11-18(12-14-19)17-9-7-6-8-10-17/h6-10,18-19H,5,11-16H2,1-4H3,(H2,22,23,24). The number of nitrogens with zero attached hydrogens (tertiary/aromatic N) is 1. The molecule has 0 heterocycles. The van der Waals surface area contributed by atoms with E-state index in [1.165, 1.54) is 18.4 Å². The molecule has 0 amide bonds. The van der Waals surface area contributed by atoms with Crippen LogP contribution in [0.1, 0.15) is 64.9 Å². The second kappa shape index (κ2) is 9.58. The summed E-state index contributed by atoms with van der Waals surface area (Å²) in [7, 11) is -3.14. The van der Waals surface area contributed by atoms with Gasteiger partial charge < -0.3 is 10.6 Å². The first kappa shape index (κ1) is 21.7. The van der Waals surface area contributed by atoms with E-state index in [1.807, 2.05) is 6.92 Å². The van der Waals surface area contributed by atoms with Gasteiger partial charge in [-0.2, -0.15) is 0 Å². The SMILES string of the molecule is CCNC(=NCCS(=O)(=O)C(C)(C)C)NC1CCC(c2ccccc2)CC1. The van der Waals surface area contributed by atoms with Crippen LogP contribution >= 0.6 is 0 Å². The number of benzene rings is 1. The Morgan fingerprint density at radius 3 is 2.30 bits per heavy atom. The lowest BCUT2D eigenvalue weighted by Crippen LogP contribution is -2.45. The molecular formula is C21H35N3O2S. The summed E-state index contributed by atoms with van der Waals surface area (Å²) in [6.45, 7) is 8.28. The lowest BCUT2D eigenvalue weighted by molar-refractivity contribution is 0.371. The van der Waals surface area contributed by atoms with Crippen LogP contribution in [0.4, 0.5) is 0 Å². The lowest BCUT2D eigenvalue weighted by Gasteiger charge is -2.30. The fraction of sp³-hybridized carbons (Fsp3) is 0.667. The molecule has 1 saturated carbocycles. The minimum Gasteiger partial charge on any atom is -0.357 e. The molecular weight excluding hydrogens is 358 g/mol. The van der Waals surface area contributed by atoms with Gasteiger partial charge in [-0.05, 0) is 64.9 Å². The highest BCUT2D eigenvalue weighted by atomic mass is 32.2. The van der Waals surface area contributed by atoms with Crippen molar-refractivity contribution >= 4 is 15.8 Å². The minimum atomic E-state index is -3.14. The van der Waals surface area contributed by atoms with E-state index in [-0.39, 0.29) is 12.3 Å². The van der Waals surface area contributed by atoms with Crippen LogP contribution in [0.5, 0.6) is 0 Å². The molecule has 2 N–H and O–H groups in total. The Bertz CT molecular complexity index is 701. The zero-order valence-electron chi connectivity index (χ0n) is 17.2. The fourth-order valence-electron chi connectivity index (χ4n) is 3.39. The number of sulfone groups is 1. The van der Waals surface area contributed by atoms with Crippen molar-refractivity contribution in [1.82, 2.24) is 10.6 Å². The Morgan fingerprint density at radius 1 is 1.11 bits per heavy atom. The average molecular weight is 394 g/mol. The molecule has 0 radical (unpaired) electrons. The minimum absolute atomic E-state index is 0.0772. The van der Waals surface area contributed by atoms with Gasteiger partial charge in [-0.25, -0.2) is 8.42 Å². The first-order chi connectivity index (χ1) is 12.7. The number of hydrogen-bond donors (Lipinski definition) is 2. The molecule has 27 heavy (non-hydrogen) atoms. The van der Waals surface area contributed by atoms with Crippen molar-refractivity contribution in [2.45, 2.75) is 70.1 Å². The molecule has 0 aromatic heterocycles. The predicted molar refractivity (Wildman–Crippen MR) is 114 cm³/mol. The lowest BCUT2D eigenvalue weighted by atomic mass is 9.82. The highest BCUT2D eigenvalue weighted by Crippen LogP contribution is 2.32. The molecule has 1 aliphatic carbocycles. The van der Waals surface area contributed by atoms with Crippen LogP contribution in [0.2, 0.25) is 0 Å². The van der Waals surface area contributed by atoms with Gasteiger partial charge in [0.15, 0.2) is 15.8 Å². The molecule has 0 unspecified atom stereocenters. The number of guanidine groups is 1. The summed E-state index contributed by atoms with van der Waals surface area (Å²) in [4.78, 5) is 4.50. The van der Waals surface area contributed by atoms with Gasteiger partial charge >= 0.3 is 0 Å². The van der Waals surface area contributed by atoms with E-state index in [0.717, 1.165) is 25.3 Å². The van der Waals surface area contributed by atoms with Gasteiger partial charge in [0.05, 0.1) is 17.0 Å². The number of nitrogens with one attached hydrogen (secondary N) is 2. The van der Waals surface area contributed by atoms with Crippen molar-refractivity contribution in [1.29, 1.82) is 0 Å². The first-order valence-electron chi connectivity index (χ1n) is 10.0. The van der Waals surface area contributed by atoms with Crippen LogP contribution in [0.15, 0.2) is 35.3 Å². The molecule has 0 saturated heterocycles. The van der Waals surface area contributed by atoms with Crippen LogP contribution in [0.25, 0.3) is 0 Å². The van der Waals surface area contributed by atoms with Gasteiger partial charge in [0.1, 0.15) is 0 Å². The van der Waals surface area contributed by atoms with Gasteiger partial charge in [0, 0.05) is 12.6 Å². The molecule has 2 rings (SSSR count). The van der Waals surface area contributed by atoms with Crippen molar-refractivity contribution in [3.8, 4) is 0 Å². The van der Waals surface area contributed by atoms with E-state index in [1.54, 1.807) is 20.8 Å². The first-order valence-corrected chi connectivity index (χ1v) is 11.7. The Kier molecular flexibility index (Phi) is 7.71. The molecule has 1 fully saturated rings. The van der Waals surface area contributed by atoms with Crippen LogP contribution < -0.4 is 10.6 Å². The summed E-state index contributed by atoms with van der Waals surface area (Å²) in [5.74, 6) is 1.44. The predicted octanol–water partition coefficient (Wildman–Crippen LogP) is 3.48. The number of hydrogen-bond acceptors (Lipinski definition) is 3. The summed E-state index contributed by atoms with van der Waals surface area (Å²) >= 11 is 0. The fourth-order valence-corrected chi connectivity index (χ4v) is 4.34. The summed E-state index contributed by atoms with van der Waals surface area (Å²) < 4.78 is 23.8. The van der Waals surface area contributed by atoms with E-state index < -0.39 is 14.6 Å². The van der Waals surface area contributed by atoms with Crippen LogP contribution in [-0.4, -0.2) is 44.0 Å². The maximum Gasteiger partial charge on any atom is 0.191 e. The number of aliphatic imine (C=N–C) groups is 1. The highest BCUT2D eigenvalue weighted by molar-refractivity contribution is 7.92. The molecule has 5 nitrogen and oxygen atoms in total. The van der Waals surface area contributed by atoms with Gasteiger partial charge in [-0.15, -0.1) is 0 Å². The zero-order valence-corrected chi connectivity index (χ0v) is 18.0. The topological polar surface area (TPSA) is 70.6 Å². The molecule has 1 aromatic rings. The maximum absolute atomic E-state index is 12.2. The third kappa shape index (κ3) is 6.52. The Hall–Kier alpha value is -1.56. The summed E-state index contributed by atoms with van der Waals surface area (Å²) in [6, 6.07) is 11.1. The van der Waals surface area contributed by atoms with E-state index >= 15 is 0 Å². The molecule has 152 valence electrons. The van der Waals surface area contributed by atoms with Crippen LogP contribution in [0.3, 0.4) is 0 Å². The van der Waals surface area contributed by atoms with Gasteiger partial charge in [0.2, 0.25) is 0 Å². The molecule has 0 spiro atoms. The van der Waals surface area contributed by atoms with Crippen molar-refractivity contribution < 1.29 is 8.42 Å². The second-order valence-electron chi connectivity index (χ2n) is 8.30. The number of rotatable bonds is 6. The summed E-state index contributed by atoms with van der Waals surface area (Å²) in [5, 5.41) is 6.74. The molecule has 1 aromatic carbocycles. The van der Waals surface area contributed by atoms with E-state index in [2.05, 4.69) is 46.0 Å². The van der Waals surface area contributed by atoms with Gasteiger partial charge in [-0.3, -0.25) is 4.99 Å².